The Labute approximate surface area is 99.8 Å². The van der Waals surface area contributed by atoms with Crippen molar-refractivity contribution < 1.29 is 4.79 Å². The molecule has 1 aliphatic heterocycles. The van der Waals surface area contributed by atoms with Gasteiger partial charge in [0.15, 0.2) is 0 Å². The van der Waals surface area contributed by atoms with Crippen molar-refractivity contribution in [3.8, 4) is 0 Å². The van der Waals surface area contributed by atoms with Crippen LogP contribution in [-0.2, 0) is 4.79 Å². The van der Waals surface area contributed by atoms with E-state index in [1.54, 1.807) is 0 Å². The lowest BCUT2D eigenvalue weighted by Crippen LogP contribution is -2.34. The van der Waals surface area contributed by atoms with Crippen molar-refractivity contribution in [1.29, 1.82) is 5.41 Å². The van der Waals surface area contributed by atoms with E-state index in [4.69, 9.17) is 5.41 Å². The molecule has 0 spiro atoms. The Morgan fingerprint density at radius 2 is 1.94 bits per heavy atom. The van der Waals surface area contributed by atoms with Crippen molar-refractivity contribution in [1.82, 2.24) is 14.9 Å². The van der Waals surface area contributed by atoms with Gasteiger partial charge in [-0.15, -0.1) is 0 Å². The highest BCUT2D eigenvalue weighted by Crippen LogP contribution is 2.16. The minimum Gasteiger partial charge on any atom is -0.281 e. The third-order valence-corrected chi connectivity index (χ3v) is 2.63. The van der Waals surface area contributed by atoms with Gasteiger partial charge in [0.1, 0.15) is 6.54 Å². The van der Waals surface area contributed by atoms with Crippen LogP contribution in [0.25, 0.3) is 0 Å². The van der Waals surface area contributed by atoms with Gasteiger partial charge in [-0.05, 0) is 26.8 Å². The summed E-state index contributed by atoms with van der Waals surface area (Å²) in [5, 5.41) is 7.92. The summed E-state index contributed by atoms with van der Waals surface area (Å²) in [6.07, 6.45) is 0. The lowest BCUT2D eigenvalue weighted by atomic mass is 10.3. The molecule has 1 amide bonds. The zero-order chi connectivity index (χ0) is 12.6. The third-order valence-electron chi connectivity index (χ3n) is 2.63. The Bertz CT molecular complexity index is 465. The zero-order valence-corrected chi connectivity index (χ0v) is 10.2. The van der Waals surface area contributed by atoms with E-state index in [-0.39, 0.29) is 18.4 Å². The Balaban J connectivity index is 2.35. The fourth-order valence-electron chi connectivity index (χ4n) is 1.88. The molecule has 1 aromatic rings. The van der Waals surface area contributed by atoms with Crippen molar-refractivity contribution >= 4 is 17.8 Å². The number of anilines is 1. The molecule has 0 saturated carbocycles. The molecule has 17 heavy (non-hydrogen) atoms. The average molecular weight is 233 g/mol. The fourth-order valence-corrected chi connectivity index (χ4v) is 1.88. The summed E-state index contributed by atoms with van der Waals surface area (Å²) in [6.45, 7) is 6.24. The van der Waals surface area contributed by atoms with Crippen molar-refractivity contribution in [2.24, 2.45) is 0 Å². The number of nitrogens with zero attached hydrogens (tertiary/aromatic N) is 4. The van der Waals surface area contributed by atoms with E-state index in [1.807, 2.05) is 26.8 Å². The van der Waals surface area contributed by atoms with Crippen LogP contribution in [0, 0.1) is 19.3 Å². The minimum atomic E-state index is -0.0831. The summed E-state index contributed by atoms with van der Waals surface area (Å²) in [5.74, 6) is 0.500. The van der Waals surface area contributed by atoms with E-state index >= 15 is 0 Å². The highest BCUT2D eigenvalue weighted by atomic mass is 16.2. The number of amides is 1. The van der Waals surface area contributed by atoms with Crippen LogP contribution in [0.5, 0.6) is 0 Å². The maximum absolute atomic E-state index is 11.7. The number of hydrogen-bond donors (Lipinski definition) is 1. The number of aromatic nitrogens is 2. The summed E-state index contributed by atoms with van der Waals surface area (Å²) >= 11 is 0. The summed E-state index contributed by atoms with van der Waals surface area (Å²) in [6, 6.07) is 1.86. The standard InChI is InChI=1S/C11H15N5O/c1-4-15-9(17)6-16(10(15)12)11-13-7(2)5-8(3)14-11/h5,12H,4,6H2,1-3H3. The number of guanidine groups is 1. The number of nitrogens with one attached hydrogen (secondary N) is 1. The lowest BCUT2D eigenvalue weighted by molar-refractivity contribution is -0.124. The van der Waals surface area contributed by atoms with Gasteiger partial charge >= 0.3 is 0 Å². The second-order valence-corrected chi connectivity index (χ2v) is 4.00. The molecule has 6 heteroatoms. The first-order valence-electron chi connectivity index (χ1n) is 5.51. The molecule has 0 aliphatic carbocycles. The molecule has 0 bridgehead atoms. The summed E-state index contributed by atoms with van der Waals surface area (Å²) in [5.41, 5.74) is 1.67. The van der Waals surface area contributed by atoms with Gasteiger partial charge < -0.3 is 0 Å². The molecule has 6 nitrogen and oxygen atoms in total. The second kappa shape index (κ2) is 4.12. The number of carbonyl (C=O) groups excluding carboxylic acids is 1. The van der Waals surface area contributed by atoms with Gasteiger partial charge in [-0.1, -0.05) is 0 Å². The van der Waals surface area contributed by atoms with Crippen LogP contribution in [0.15, 0.2) is 6.07 Å². The smallest absolute Gasteiger partial charge is 0.249 e. The highest BCUT2D eigenvalue weighted by molar-refractivity contribution is 6.12. The quantitative estimate of drug-likeness (QED) is 0.816. The number of hydrogen-bond acceptors (Lipinski definition) is 4. The first kappa shape index (κ1) is 11.5. The summed E-state index contributed by atoms with van der Waals surface area (Å²) < 4.78 is 0. The Morgan fingerprint density at radius 1 is 1.35 bits per heavy atom. The van der Waals surface area contributed by atoms with Crippen molar-refractivity contribution in [2.45, 2.75) is 20.8 Å². The van der Waals surface area contributed by atoms with Gasteiger partial charge in [-0.2, -0.15) is 0 Å². The maximum Gasteiger partial charge on any atom is 0.249 e. The molecule has 0 unspecified atom stereocenters. The molecule has 2 heterocycles. The van der Waals surface area contributed by atoms with E-state index in [1.165, 1.54) is 9.80 Å². The number of carbonyl (C=O) groups is 1. The summed E-state index contributed by atoms with van der Waals surface area (Å²) in [7, 11) is 0. The van der Waals surface area contributed by atoms with Crippen LogP contribution < -0.4 is 4.90 Å². The predicted molar refractivity (Wildman–Crippen MR) is 64.0 cm³/mol. The molecule has 2 rings (SSSR count). The van der Waals surface area contributed by atoms with Crippen LogP contribution in [0.4, 0.5) is 5.95 Å². The number of likely N-dealkylation sites (N-methyl/N-ethyl adjacent to an activating group) is 1. The maximum atomic E-state index is 11.7. The Morgan fingerprint density at radius 3 is 2.41 bits per heavy atom. The van der Waals surface area contributed by atoms with Crippen molar-refractivity contribution in [3.63, 3.8) is 0 Å². The minimum absolute atomic E-state index is 0.0831. The van der Waals surface area contributed by atoms with Crippen LogP contribution >= 0.6 is 0 Å². The Hall–Kier alpha value is -1.98. The first-order valence-corrected chi connectivity index (χ1v) is 5.51. The number of rotatable bonds is 2. The van der Waals surface area contributed by atoms with E-state index < -0.39 is 0 Å². The average Bonchev–Trinajstić information content (AvgIpc) is 2.52. The predicted octanol–water partition coefficient (Wildman–Crippen LogP) is 0.697. The number of aryl methyl sites for hydroxylation is 2. The largest absolute Gasteiger partial charge is 0.281 e. The Kier molecular flexibility index (Phi) is 2.79. The van der Waals surface area contributed by atoms with E-state index in [0.717, 1.165) is 11.4 Å². The van der Waals surface area contributed by atoms with Crippen LogP contribution in [0.1, 0.15) is 18.3 Å². The normalized spacial score (nSPS) is 15.9. The van der Waals surface area contributed by atoms with Crippen molar-refractivity contribution in [2.75, 3.05) is 18.0 Å². The van der Waals surface area contributed by atoms with Gasteiger partial charge in [-0.25, -0.2) is 9.97 Å². The van der Waals surface area contributed by atoms with Gasteiger partial charge in [0.2, 0.25) is 17.8 Å². The molecule has 1 aromatic heterocycles. The van der Waals surface area contributed by atoms with E-state index in [9.17, 15) is 4.79 Å². The molecule has 1 N–H and O–H groups in total. The molecule has 1 saturated heterocycles. The van der Waals surface area contributed by atoms with E-state index in [0.29, 0.717) is 12.5 Å². The highest BCUT2D eigenvalue weighted by Gasteiger charge is 2.34. The molecule has 1 aliphatic rings. The molecular weight excluding hydrogens is 218 g/mol. The van der Waals surface area contributed by atoms with Gasteiger partial charge in [-0.3, -0.25) is 20.0 Å². The molecular formula is C11H15N5O. The van der Waals surface area contributed by atoms with E-state index in [2.05, 4.69) is 9.97 Å². The molecule has 1 fully saturated rings. The fraction of sp³-hybridized carbons (Fsp3) is 0.455. The van der Waals surface area contributed by atoms with Crippen molar-refractivity contribution in [3.05, 3.63) is 17.5 Å². The molecule has 0 radical (unpaired) electrons. The monoisotopic (exact) mass is 233 g/mol. The molecule has 90 valence electrons. The topological polar surface area (TPSA) is 73.2 Å². The van der Waals surface area contributed by atoms with Crippen LogP contribution in [-0.4, -0.2) is 39.8 Å². The van der Waals surface area contributed by atoms with Gasteiger partial charge in [0.25, 0.3) is 0 Å². The third kappa shape index (κ3) is 1.98. The van der Waals surface area contributed by atoms with Crippen LogP contribution in [0.3, 0.4) is 0 Å². The van der Waals surface area contributed by atoms with Gasteiger partial charge in [0.05, 0.1) is 0 Å². The second-order valence-electron chi connectivity index (χ2n) is 4.00. The zero-order valence-electron chi connectivity index (χ0n) is 10.2. The summed E-state index contributed by atoms with van der Waals surface area (Å²) in [4.78, 5) is 23.1. The molecule has 0 aromatic carbocycles. The SMILES string of the molecule is CCN1C(=N)N(c2nc(C)cc(C)n2)CC1=O. The van der Waals surface area contributed by atoms with Gasteiger partial charge in [0, 0.05) is 17.9 Å². The molecule has 0 atom stereocenters. The lowest BCUT2D eigenvalue weighted by Gasteiger charge is -2.17. The first-order chi connectivity index (χ1) is 8.02. The van der Waals surface area contributed by atoms with Crippen LogP contribution in [0.2, 0.25) is 0 Å².